The number of benzene rings is 1. The Morgan fingerprint density at radius 3 is 2.58 bits per heavy atom. The molecule has 0 radical (unpaired) electrons. The van der Waals surface area contributed by atoms with Crippen LogP contribution in [-0.2, 0) is 9.53 Å². The first-order valence-electron chi connectivity index (χ1n) is 9.73. The van der Waals surface area contributed by atoms with Crippen LogP contribution in [-0.4, -0.2) is 60.0 Å². The number of hydrogen-bond acceptors (Lipinski definition) is 3. The van der Waals surface area contributed by atoms with E-state index in [0.29, 0.717) is 38.6 Å². The van der Waals surface area contributed by atoms with Crippen LogP contribution < -0.4 is 0 Å². The topological polar surface area (TPSA) is 49.9 Å². The summed E-state index contributed by atoms with van der Waals surface area (Å²) in [6.07, 6.45) is 3.66. The fourth-order valence-corrected chi connectivity index (χ4v) is 4.39. The highest BCUT2D eigenvalue weighted by Crippen LogP contribution is 2.37. The first kappa shape index (κ1) is 17.5. The van der Waals surface area contributed by atoms with Crippen LogP contribution in [0.25, 0.3) is 0 Å². The monoisotopic (exact) mass is 356 g/mol. The molecule has 0 bridgehead atoms. The minimum Gasteiger partial charge on any atom is -0.379 e. The molecule has 2 saturated heterocycles. The Hall–Kier alpha value is -1.88. The summed E-state index contributed by atoms with van der Waals surface area (Å²) in [4.78, 5) is 30.0. The number of hydrogen-bond donors (Lipinski definition) is 0. The highest BCUT2D eigenvalue weighted by molar-refractivity contribution is 5.95. The Morgan fingerprint density at radius 1 is 1.23 bits per heavy atom. The van der Waals surface area contributed by atoms with Crippen molar-refractivity contribution in [1.29, 1.82) is 0 Å². The van der Waals surface area contributed by atoms with Gasteiger partial charge in [0.1, 0.15) is 0 Å². The van der Waals surface area contributed by atoms with Gasteiger partial charge in [-0.2, -0.15) is 0 Å². The van der Waals surface area contributed by atoms with E-state index in [9.17, 15) is 9.59 Å². The van der Waals surface area contributed by atoms with Crippen molar-refractivity contribution in [3.05, 3.63) is 34.9 Å². The van der Waals surface area contributed by atoms with Gasteiger partial charge in [-0.25, -0.2) is 0 Å². The molecule has 1 spiro atoms. The Bertz CT molecular complexity index is 700. The molecule has 26 heavy (non-hydrogen) atoms. The van der Waals surface area contributed by atoms with E-state index >= 15 is 0 Å². The zero-order valence-electron chi connectivity index (χ0n) is 15.8. The standard InChI is InChI=1S/C21H28N2O3/c1-15-9-16(2)11-18(10-15)20(25)22-7-5-19(24)23(12-17-3-4-17)21(13-22)6-8-26-14-21/h9-11,17H,3-8,12-14H2,1-2H3. The molecule has 140 valence electrons. The summed E-state index contributed by atoms with van der Waals surface area (Å²) in [5.74, 6) is 0.848. The minimum absolute atomic E-state index is 0.0316. The molecule has 1 aromatic carbocycles. The molecule has 1 aliphatic carbocycles. The predicted molar refractivity (Wildman–Crippen MR) is 99.0 cm³/mol. The minimum atomic E-state index is -0.343. The molecule has 4 rings (SSSR count). The number of aryl methyl sites for hydroxylation is 2. The Kier molecular flexibility index (Phi) is 4.51. The van der Waals surface area contributed by atoms with Crippen molar-refractivity contribution in [2.45, 2.75) is 45.1 Å². The van der Waals surface area contributed by atoms with E-state index in [1.165, 1.54) is 12.8 Å². The summed E-state index contributed by atoms with van der Waals surface area (Å²) in [5.41, 5.74) is 2.56. The number of amides is 2. The maximum absolute atomic E-state index is 13.2. The van der Waals surface area contributed by atoms with Crippen molar-refractivity contribution in [2.75, 3.05) is 32.8 Å². The van der Waals surface area contributed by atoms with Crippen molar-refractivity contribution in [3.63, 3.8) is 0 Å². The largest absolute Gasteiger partial charge is 0.379 e. The molecule has 3 aliphatic rings. The van der Waals surface area contributed by atoms with E-state index in [0.717, 1.165) is 29.7 Å². The van der Waals surface area contributed by atoms with Crippen LogP contribution in [0.2, 0.25) is 0 Å². The van der Waals surface area contributed by atoms with Crippen molar-refractivity contribution in [3.8, 4) is 0 Å². The average molecular weight is 356 g/mol. The second kappa shape index (κ2) is 6.69. The van der Waals surface area contributed by atoms with Gasteiger partial charge in [0.15, 0.2) is 0 Å². The number of rotatable bonds is 3. The molecule has 1 aromatic rings. The van der Waals surface area contributed by atoms with Crippen molar-refractivity contribution in [1.82, 2.24) is 9.80 Å². The summed E-state index contributed by atoms with van der Waals surface area (Å²) in [7, 11) is 0. The lowest BCUT2D eigenvalue weighted by Gasteiger charge is -2.40. The summed E-state index contributed by atoms with van der Waals surface area (Å²) < 4.78 is 5.71. The third kappa shape index (κ3) is 3.37. The van der Waals surface area contributed by atoms with E-state index in [4.69, 9.17) is 4.74 Å². The predicted octanol–water partition coefficient (Wildman–Crippen LogP) is 2.55. The lowest BCUT2D eigenvalue weighted by atomic mass is 9.94. The molecule has 5 nitrogen and oxygen atoms in total. The van der Waals surface area contributed by atoms with Gasteiger partial charge >= 0.3 is 0 Å². The van der Waals surface area contributed by atoms with Gasteiger partial charge in [0.05, 0.1) is 12.1 Å². The van der Waals surface area contributed by atoms with Crippen molar-refractivity contribution < 1.29 is 14.3 Å². The maximum Gasteiger partial charge on any atom is 0.253 e. The highest BCUT2D eigenvalue weighted by Gasteiger charge is 2.48. The quantitative estimate of drug-likeness (QED) is 0.836. The molecule has 3 fully saturated rings. The number of nitrogens with zero attached hydrogens (tertiary/aromatic N) is 2. The van der Waals surface area contributed by atoms with Crippen LogP contribution in [0.15, 0.2) is 18.2 Å². The first-order chi connectivity index (χ1) is 12.5. The third-order valence-electron chi connectivity index (χ3n) is 5.93. The van der Waals surface area contributed by atoms with Crippen LogP contribution in [0.4, 0.5) is 0 Å². The van der Waals surface area contributed by atoms with E-state index in [1.54, 1.807) is 0 Å². The first-order valence-corrected chi connectivity index (χ1v) is 9.73. The Balaban J connectivity index is 1.61. The van der Waals surface area contributed by atoms with E-state index in [-0.39, 0.29) is 17.4 Å². The van der Waals surface area contributed by atoms with E-state index in [2.05, 4.69) is 11.0 Å². The lowest BCUT2D eigenvalue weighted by molar-refractivity contribution is -0.136. The van der Waals surface area contributed by atoms with Gasteiger partial charge < -0.3 is 14.5 Å². The molecular formula is C21H28N2O3. The molecule has 5 heteroatoms. The van der Waals surface area contributed by atoms with Crippen LogP contribution >= 0.6 is 0 Å². The van der Waals surface area contributed by atoms with Crippen LogP contribution in [0.3, 0.4) is 0 Å². The normalized spacial score (nSPS) is 26.5. The van der Waals surface area contributed by atoms with Crippen molar-refractivity contribution in [2.24, 2.45) is 5.92 Å². The fourth-order valence-electron chi connectivity index (χ4n) is 4.39. The molecular weight excluding hydrogens is 328 g/mol. The maximum atomic E-state index is 13.2. The molecule has 2 amide bonds. The summed E-state index contributed by atoms with van der Waals surface area (Å²) in [6.45, 7) is 7.14. The van der Waals surface area contributed by atoms with Crippen LogP contribution in [0.1, 0.15) is 47.2 Å². The zero-order valence-corrected chi connectivity index (χ0v) is 15.8. The smallest absolute Gasteiger partial charge is 0.253 e. The number of carbonyl (C=O) groups excluding carboxylic acids is 2. The average Bonchev–Trinajstić information content (AvgIpc) is 3.32. The van der Waals surface area contributed by atoms with Gasteiger partial charge in [0.25, 0.3) is 5.91 Å². The molecule has 0 aromatic heterocycles. The highest BCUT2D eigenvalue weighted by atomic mass is 16.5. The second-order valence-electron chi connectivity index (χ2n) is 8.33. The molecule has 1 atom stereocenters. The van der Waals surface area contributed by atoms with Gasteiger partial charge in [0.2, 0.25) is 5.91 Å². The van der Waals surface area contributed by atoms with Gasteiger partial charge in [-0.3, -0.25) is 9.59 Å². The molecule has 2 aliphatic heterocycles. The third-order valence-corrected chi connectivity index (χ3v) is 5.93. The van der Waals surface area contributed by atoms with Gasteiger partial charge in [0, 0.05) is 38.2 Å². The molecule has 0 N–H and O–H groups in total. The number of carbonyl (C=O) groups is 2. The fraction of sp³-hybridized carbons (Fsp3) is 0.619. The SMILES string of the molecule is Cc1cc(C)cc(C(=O)N2CCC(=O)N(CC3CC3)C3(CCOC3)C2)c1. The Labute approximate surface area is 155 Å². The van der Waals surface area contributed by atoms with Crippen LogP contribution in [0.5, 0.6) is 0 Å². The lowest BCUT2D eigenvalue weighted by Crippen LogP contribution is -2.57. The van der Waals surface area contributed by atoms with Crippen molar-refractivity contribution >= 4 is 11.8 Å². The molecule has 1 unspecified atom stereocenters. The summed E-state index contributed by atoms with van der Waals surface area (Å²) in [6, 6.07) is 5.97. The summed E-state index contributed by atoms with van der Waals surface area (Å²) >= 11 is 0. The second-order valence-corrected chi connectivity index (χ2v) is 8.33. The van der Waals surface area contributed by atoms with Gasteiger partial charge in [-0.05, 0) is 51.2 Å². The summed E-state index contributed by atoms with van der Waals surface area (Å²) in [5, 5.41) is 0. The van der Waals surface area contributed by atoms with E-state index in [1.807, 2.05) is 30.9 Å². The zero-order chi connectivity index (χ0) is 18.3. The molecule has 2 heterocycles. The molecule has 1 saturated carbocycles. The van der Waals surface area contributed by atoms with Gasteiger partial charge in [-0.15, -0.1) is 0 Å². The number of ether oxygens (including phenoxy) is 1. The Morgan fingerprint density at radius 2 is 1.96 bits per heavy atom. The van der Waals surface area contributed by atoms with E-state index < -0.39 is 0 Å². The van der Waals surface area contributed by atoms with Gasteiger partial charge in [-0.1, -0.05) is 17.2 Å². The van der Waals surface area contributed by atoms with Crippen LogP contribution in [0, 0.1) is 19.8 Å².